The Bertz CT molecular complexity index is 63.3. The molecule has 0 aliphatic heterocycles. The molecule has 0 saturated heterocycles. The minimum Gasteiger partial charge on any atom is -0.358 e. The third kappa shape index (κ3) is 14.4. The largest absolute Gasteiger partial charge is 0.358 e. The van der Waals surface area contributed by atoms with Crippen molar-refractivity contribution >= 4 is 0 Å². The summed E-state index contributed by atoms with van der Waals surface area (Å²) in [6, 6.07) is 0. The molecule has 0 aromatic carbocycles. The molecule has 0 nitrogen and oxygen atoms in total. The molecule has 0 aromatic heterocycles. The predicted octanol–water partition coefficient (Wildman–Crippen LogP) is 2.90. The molecule has 3 radical (unpaired) electrons. The quantitative estimate of drug-likeness (QED) is 0.487. The van der Waals surface area contributed by atoms with Crippen LogP contribution in [0.15, 0.2) is 0 Å². The van der Waals surface area contributed by atoms with Gasteiger partial charge in [0.05, 0.1) is 0 Å². The fourth-order valence-corrected chi connectivity index (χ4v) is 1.23. The van der Waals surface area contributed by atoms with Gasteiger partial charge in [0.15, 0.2) is 0 Å². The summed E-state index contributed by atoms with van der Waals surface area (Å²) < 4.78 is 0. The summed E-state index contributed by atoms with van der Waals surface area (Å²) in [5, 5.41) is 0. The molecular weight excluding hydrogens is 445 g/mol. The standard InChI is InChI=1S/C8H14.CH3.3V.W/c1-7-3-5-8(2)6-4-7;;;;;/h7-8H,1-6H2;1H3;;;;/q-2;-1;;;;. The second-order valence-electron chi connectivity index (χ2n) is 2.89. The third-order valence-corrected chi connectivity index (χ3v) is 1.97. The molecule has 1 saturated carbocycles. The fraction of sp³-hybridized carbons (Fsp3) is 0.667. The Morgan fingerprint density at radius 3 is 1.00 bits per heavy atom. The van der Waals surface area contributed by atoms with Gasteiger partial charge in [0.2, 0.25) is 0 Å². The molecule has 0 amide bonds. The first-order valence-electron chi connectivity index (χ1n) is 3.45. The van der Waals surface area contributed by atoms with Crippen LogP contribution in [0.4, 0.5) is 0 Å². The predicted molar refractivity (Wildman–Crippen MR) is 42.6 cm³/mol. The normalized spacial score (nSPS) is 24.5. The molecule has 1 aliphatic carbocycles. The van der Waals surface area contributed by atoms with Crippen LogP contribution >= 0.6 is 0 Å². The van der Waals surface area contributed by atoms with Gasteiger partial charge in [0.1, 0.15) is 0 Å². The fourth-order valence-electron chi connectivity index (χ4n) is 1.23. The zero-order valence-electron chi connectivity index (χ0n) is 8.15. The summed E-state index contributed by atoms with van der Waals surface area (Å²) in [6.45, 7) is 8.01. The van der Waals surface area contributed by atoms with Gasteiger partial charge in [-0.15, -0.1) is 0 Å². The molecule has 0 spiro atoms. The van der Waals surface area contributed by atoms with Crippen molar-refractivity contribution in [1.82, 2.24) is 0 Å². The Labute approximate surface area is 134 Å². The Kier molecular flexibility index (Phi) is 38.3. The average Bonchev–Trinajstić information content (AvgIpc) is 1.77. The van der Waals surface area contributed by atoms with E-state index < -0.39 is 0 Å². The smallest absolute Gasteiger partial charge is 0 e. The molecule has 0 N–H and O–H groups in total. The van der Waals surface area contributed by atoms with Gasteiger partial charge in [-0.2, -0.15) is 11.8 Å². The number of rotatable bonds is 0. The van der Waals surface area contributed by atoms with E-state index in [0.717, 1.165) is 11.8 Å². The van der Waals surface area contributed by atoms with Crippen molar-refractivity contribution in [3.05, 3.63) is 21.3 Å². The molecule has 0 atom stereocenters. The third-order valence-electron chi connectivity index (χ3n) is 1.97. The summed E-state index contributed by atoms with van der Waals surface area (Å²) in [5.74, 6) is 1.46. The SMILES string of the molecule is [CH2-]C1CCC([CH2-])CC1.[CH3-].[V].[V].[V].[W]. The van der Waals surface area contributed by atoms with Crippen molar-refractivity contribution in [3.8, 4) is 0 Å². The minimum absolute atomic E-state index is 0. The van der Waals surface area contributed by atoms with E-state index in [1.165, 1.54) is 25.7 Å². The van der Waals surface area contributed by atoms with Crippen molar-refractivity contribution in [2.45, 2.75) is 25.7 Å². The Hall–Kier alpha value is 2.44. The van der Waals surface area contributed by atoms with Gasteiger partial charge >= 0.3 is 0 Å². The van der Waals surface area contributed by atoms with E-state index in [0.29, 0.717) is 0 Å². The zero-order valence-corrected chi connectivity index (χ0v) is 15.3. The Balaban J connectivity index is -0.0000000427. The topological polar surface area (TPSA) is 0 Å². The van der Waals surface area contributed by atoms with Crippen molar-refractivity contribution in [2.24, 2.45) is 11.8 Å². The Morgan fingerprint density at radius 2 is 0.846 bits per heavy atom. The van der Waals surface area contributed by atoms with Crippen molar-refractivity contribution < 1.29 is 76.7 Å². The average molecular weight is 462 g/mol. The van der Waals surface area contributed by atoms with Gasteiger partial charge in [0, 0.05) is 76.7 Å². The van der Waals surface area contributed by atoms with Crippen LogP contribution in [-0.4, -0.2) is 0 Å². The molecule has 4 heteroatoms. The van der Waals surface area contributed by atoms with E-state index >= 15 is 0 Å². The first-order valence-corrected chi connectivity index (χ1v) is 3.45. The second-order valence-corrected chi connectivity index (χ2v) is 2.89. The monoisotopic (exact) mass is 462 g/mol. The van der Waals surface area contributed by atoms with Crippen molar-refractivity contribution in [2.75, 3.05) is 0 Å². The van der Waals surface area contributed by atoms with Crippen LogP contribution in [0.2, 0.25) is 0 Å². The summed E-state index contributed by atoms with van der Waals surface area (Å²) in [6.07, 6.45) is 5.20. The van der Waals surface area contributed by atoms with Crippen LogP contribution in [0.25, 0.3) is 0 Å². The van der Waals surface area contributed by atoms with Crippen LogP contribution in [0, 0.1) is 33.1 Å². The maximum atomic E-state index is 4.00. The van der Waals surface area contributed by atoms with Crippen LogP contribution in [0.1, 0.15) is 25.7 Å². The van der Waals surface area contributed by atoms with Gasteiger partial charge in [-0.3, -0.25) is 0 Å². The first kappa shape index (κ1) is 29.5. The van der Waals surface area contributed by atoms with Crippen LogP contribution in [-0.2, 0) is 76.7 Å². The minimum atomic E-state index is 0. The second kappa shape index (κ2) is 16.9. The van der Waals surface area contributed by atoms with Gasteiger partial charge < -0.3 is 21.3 Å². The van der Waals surface area contributed by atoms with Crippen LogP contribution < -0.4 is 0 Å². The molecule has 77 valence electrons. The van der Waals surface area contributed by atoms with Crippen LogP contribution in [0.3, 0.4) is 0 Å². The summed E-state index contributed by atoms with van der Waals surface area (Å²) in [7, 11) is 0. The summed E-state index contributed by atoms with van der Waals surface area (Å²) in [5.41, 5.74) is 0. The van der Waals surface area contributed by atoms with E-state index in [2.05, 4.69) is 13.8 Å². The molecule has 0 heterocycles. The maximum absolute atomic E-state index is 4.00. The molecule has 1 rings (SSSR count). The molecular formula is C9H17V3W-3. The summed E-state index contributed by atoms with van der Waals surface area (Å²) in [4.78, 5) is 0. The van der Waals surface area contributed by atoms with E-state index in [4.69, 9.17) is 0 Å². The molecule has 0 unspecified atom stereocenters. The van der Waals surface area contributed by atoms with E-state index in [9.17, 15) is 0 Å². The number of hydrogen-bond donors (Lipinski definition) is 0. The van der Waals surface area contributed by atoms with Gasteiger partial charge in [-0.05, 0) is 0 Å². The Morgan fingerprint density at radius 1 is 0.692 bits per heavy atom. The summed E-state index contributed by atoms with van der Waals surface area (Å²) >= 11 is 0. The van der Waals surface area contributed by atoms with Gasteiger partial charge in [-0.1, -0.05) is 25.7 Å². The van der Waals surface area contributed by atoms with E-state index in [1.807, 2.05) is 0 Å². The number of hydrogen-bond acceptors (Lipinski definition) is 0. The molecule has 0 aromatic rings. The van der Waals surface area contributed by atoms with E-state index in [1.54, 1.807) is 0 Å². The molecule has 13 heavy (non-hydrogen) atoms. The zero-order chi connectivity index (χ0) is 5.98. The molecule has 1 fully saturated rings. The van der Waals surface area contributed by atoms with Crippen molar-refractivity contribution in [1.29, 1.82) is 0 Å². The molecule has 0 bridgehead atoms. The van der Waals surface area contributed by atoms with Crippen molar-refractivity contribution in [3.63, 3.8) is 0 Å². The molecule has 1 aliphatic rings. The van der Waals surface area contributed by atoms with Crippen LogP contribution in [0.5, 0.6) is 0 Å². The van der Waals surface area contributed by atoms with Gasteiger partial charge in [0.25, 0.3) is 0 Å². The van der Waals surface area contributed by atoms with E-state index in [-0.39, 0.29) is 84.2 Å². The first-order chi connectivity index (χ1) is 3.79. The van der Waals surface area contributed by atoms with Gasteiger partial charge in [-0.25, -0.2) is 0 Å². The maximum Gasteiger partial charge on any atom is 0 e.